The van der Waals surface area contributed by atoms with E-state index in [9.17, 15) is 9.59 Å². The number of primary amides is 1. The van der Waals surface area contributed by atoms with Crippen LogP contribution in [0.3, 0.4) is 0 Å². The van der Waals surface area contributed by atoms with Gasteiger partial charge < -0.3 is 24.7 Å². The van der Waals surface area contributed by atoms with Gasteiger partial charge in [0.1, 0.15) is 17.2 Å². The predicted molar refractivity (Wildman–Crippen MR) is 90.3 cm³/mol. The van der Waals surface area contributed by atoms with Crippen molar-refractivity contribution in [2.24, 2.45) is 5.73 Å². The molecule has 2 aromatic carbocycles. The maximum atomic E-state index is 12.9. The molecule has 0 aliphatic heterocycles. The minimum atomic E-state index is -1.19. The summed E-state index contributed by atoms with van der Waals surface area (Å²) in [6.45, 7) is 0. The zero-order valence-electron chi connectivity index (χ0n) is 14.1. The lowest BCUT2D eigenvalue weighted by Crippen LogP contribution is -2.23. The Hall–Kier alpha value is -3.22. The molecule has 2 aromatic rings. The highest BCUT2D eigenvalue weighted by molar-refractivity contribution is 6.01. The van der Waals surface area contributed by atoms with E-state index in [1.807, 2.05) is 0 Å². The third-order valence-electron chi connectivity index (χ3n) is 3.53. The van der Waals surface area contributed by atoms with Crippen molar-refractivity contribution < 1.29 is 28.5 Å². The molecule has 0 bridgehead atoms. The molecule has 0 aliphatic rings. The monoisotopic (exact) mass is 345 g/mol. The van der Waals surface area contributed by atoms with Gasteiger partial charge in [-0.05, 0) is 24.3 Å². The molecule has 2 N–H and O–H groups in total. The number of hydrogen-bond acceptors (Lipinski definition) is 6. The molecule has 0 spiro atoms. The number of amides is 1. The van der Waals surface area contributed by atoms with Crippen molar-refractivity contribution >= 4 is 11.9 Å². The van der Waals surface area contributed by atoms with E-state index in [4.69, 9.17) is 24.7 Å². The van der Waals surface area contributed by atoms with E-state index in [0.29, 0.717) is 22.8 Å². The fraction of sp³-hybridized carbons (Fsp3) is 0.222. The smallest absolute Gasteiger partial charge is 0.405 e. The van der Waals surface area contributed by atoms with Crippen molar-refractivity contribution in [2.45, 2.75) is 6.10 Å². The van der Waals surface area contributed by atoms with E-state index in [1.54, 1.807) is 30.3 Å². The van der Waals surface area contributed by atoms with E-state index in [2.05, 4.69) is 0 Å². The Morgan fingerprint density at radius 3 is 1.80 bits per heavy atom. The maximum absolute atomic E-state index is 12.9. The summed E-state index contributed by atoms with van der Waals surface area (Å²) in [5, 5.41) is 0. The van der Waals surface area contributed by atoms with Crippen molar-refractivity contribution in [3.05, 3.63) is 53.6 Å². The van der Waals surface area contributed by atoms with Gasteiger partial charge in [-0.2, -0.15) is 0 Å². The second-order valence-electron chi connectivity index (χ2n) is 5.06. The van der Waals surface area contributed by atoms with Crippen LogP contribution >= 0.6 is 0 Å². The molecule has 0 saturated carbocycles. The van der Waals surface area contributed by atoms with Gasteiger partial charge in [0, 0.05) is 17.2 Å². The van der Waals surface area contributed by atoms with Gasteiger partial charge in [0.05, 0.1) is 21.3 Å². The van der Waals surface area contributed by atoms with Crippen molar-refractivity contribution in [3.8, 4) is 17.2 Å². The molecule has 0 heterocycles. The third kappa shape index (κ3) is 4.41. The predicted octanol–water partition coefficient (Wildman–Crippen LogP) is 2.73. The van der Waals surface area contributed by atoms with E-state index in [0.717, 1.165) is 0 Å². The van der Waals surface area contributed by atoms with E-state index < -0.39 is 18.0 Å². The number of ether oxygens (including phenoxy) is 4. The van der Waals surface area contributed by atoms with Crippen molar-refractivity contribution in [2.75, 3.05) is 21.3 Å². The standard InChI is InChI=1S/C18H19NO6/c1-22-13-6-4-11(5-7-13)17(25-18(19)21)16(20)12-8-14(23-2)10-15(9-12)24-3/h4-10,17H,1-3H3,(H2,19,21). The van der Waals surface area contributed by atoms with Crippen molar-refractivity contribution in [1.29, 1.82) is 0 Å². The SMILES string of the molecule is COc1ccc(C(OC(N)=O)C(=O)c2cc(OC)cc(OC)c2)cc1. The highest BCUT2D eigenvalue weighted by Gasteiger charge is 2.26. The number of nitrogens with two attached hydrogens (primary N) is 1. The third-order valence-corrected chi connectivity index (χ3v) is 3.53. The van der Waals surface area contributed by atoms with Crippen LogP contribution in [0.4, 0.5) is 4.79 Å². The number of hydrogen-bond donors (Lipinski definition) is 1. The number of Topliss-reactive ketones (excluding diaryl/α,β-unsaturated/α-hetero) is 1. The lowest BCUT2D eigenvalue weighted by atomic mass is 9.99. The molecule has 0 aliphatic carbocycles. The summed E-state index contributed by atoms with van der Waals surface area (Å²) in [6.07, 6.45) is -2.25. The molecule has 1 unspecified atom stereocenters. The summed E-state index contributed by atoms with van der Waals surface area (Å²) in [4.78, 5) is 24.2. The Labute approximate surface area is 145 Å². The number of carbonyl (C=O) groups excluding carboxylic acids is 2. The lowest BCUT2D eigenvalue weighted by Gasteiger charge is -2.17. The van der Waals surface area contributed by atoms with Crippen molar-refractivity contribution in [3.63, 3.8) is 0 Å². The summed E-state index contributed by atoms with van der Waals surface area (Å²) in [7, 11) is 4.48. The average Bonchev–Trinajstić information content (AvgIpc) is 2.65. The molecule has 25 heavy (non-hydrogen) atoms. The fourth-order valence-electron chi connectivity index (χ4n) is 2.27. The second kappa shape index (κ2) is 8.05. The molecule has 0 saturated heterocycles. The largest absolute Gasteiger partial charge is 0.497 e. The van der Waals surface area contributed by atoms with Gasteiger partial charge in [0.2, 0.25) is 5.78 Å². The summed E-state index contributed by atoms with van der Waals surface area (Å²) in [5.41, 5.74) is 5.85. The van der Waals surface area contributed by atoms with Crippen LogP contribution in [0.5, 0.6) is 17.2 Å². The first-order chi connectivity index (χ1) is 12.0. The van der Waals surface area contributed by atoms with Gasteiger partial charge in [-0.25, -0.2) is 4.79 Å². The van der Waals surface area contributed by atoms with Crippen LogP contribution in [-0.2, 0) is 4.74 Å². The Bertz CT molecular complexity index is 734. The minimum absolute atomic E-state index is 0.262. The van der Waals surface area contributed by atoms with Gasteiger partial charge in [-0.3, -0.25) is 4.79 Å². The Morgan fingerprint density at radius 1 is 0.840 bits per heavy atom. The highest BCUT2D eigenvalue weighted by atomic mass is 16.6. The summed E-state index contributed by atoms with van der Waals surface area (Å²) < 4.78 is 20.5. The van der Waals surface area contributed by atoms with Gasteiger partial charge in [-0.1, -0.05) is 12.1 Å². The first kappa shape index (κ1) is 18.1. The normalized spacial score (nSPS) is 11.3. The van der Waals surface area contributed by atoms with Gasteiger partial charge in [0.15, 0.2) is 6.10 Å². The van der Waals surface area contributed by atoms with Crippen LogP contribution in [0.1, 0.15) is 22.0 Å². The fourth-order valence-corrected chi connectivity index (χ4v) is 2.27. The summed E-state index contributed by atoms with van der Waals surface area (Å²) in [5.74, 6) is 1.03. The van der Waals surface area contributed by atoms with Crippen molar-refractivity contribution in [1.82, 2.24) is 0 Å². The number of ketones is 1. The van der Waals surface area contributed by atoms with Crippen LogP contribution < -0.4 is 19.9 Å². The quantitative estimate of drug-likeness (QED) is 0.775. The molecule has 0 aromatic heterocycles. The minimum Gasteiger partial charge on any atom is -0.497 e. The van der Waals surface area contributed by atoms with E-state index in [1.165, 1.54) is 33.5 Å². The molecular formula is C18H19NO6. The number of methoxy groups -OCH3 is 3. The molecule has 7 nitrogen and oxygen atoms in total. The van der Waals surface area contributed by atoms with Crippen LogP contribution in [0.15, 0.2) is 42.5 Å². The van der Waals surface area contributed by atoms with Gasteiger partial charge >= 0.3 is 6.09 Å². The topological polar surface area (TPSA) is 97.1 Å². The second-order valence-corrected chi connectivity index (χ2v) is 5.06. The molecule has 2 rings (SSSR count). The van der Waals surface area contributed by atoms with Gasteiger partial charge in [0.25, 0.3) is 0 Å². The van der Waals surface area contributed by atoms with Crippen LogP contribution in [-0.4, -0.2) is 33.2 Å². The molecule has 132 valence electrons. The highest BCUT2D eigenvalue weighted by Crippen LogP contribution is 2.29. The Kier molecular flexibility index (Phi) is 5.84. The zero-order chi connectivity index (χ0) is 18.4. The van der Waals surface area contributed by atoms with E-state index in [-0.39, 0.29) is 5.56 Å². The summed E-state index contributed by atoms with van der Waals surface area (Å²) >= 11 is 0. The lowest BCUT2D eigenvalue weighted by molar-refractivity contribution is 0.0653. The van der Waals surface area contributed by atoms with Crippen LogP contribution in [0.2, 0.25) is 0 Å². The molecule has 1 atom stereocenters. The Balaban J connectivity index is 2.42. The molecule has 1 amide bonds. The number of benzene rings is 2. The first-order valence-corrected chi connectivity index (χ1v) is 7.35. The first-order valence-electron chi connectivity index (χ1n) is 7.35. The maximum Gasteiger partial charge on any atom is 0.405 e. The van der Waals surface area contributed by atoms with Crippen LogP contribution in [0, 0.1) is 0 Å². The molecule has 0 fully saturated rings. The molecular weight excluding hydrogens is 326 g/mol. The number of carbonyl (C=O) groups is 2. The molecule has 0 radical (unpaired) electrons. The molecule has 7 heteroatoms. The zero-order valence-corrected chi connectivity index (χ0v) is 14.1. The Morgan fingerprint density at radius 2 is 1.36 bits per heavy atom. The van der Waals surface area contributed by atoms with E-state index >= 15 is 0 Å². The van der Waals surface area contributed by atoms with Gasteiger partial charge in [-0.15, -0.1) is 0 Å². The van der Waals surface area contributed by atoms with Crippen LogP contribution in [0.25, 0.3) is 0 Å². The summed E-state index contributed by atoms with van der Waals surface area (Å²) in [6, 6.07) is 11.3. The number of rotatable bonds is 7. The average molecular weight is 345 g/mol.